The van der Waals surface area contributed by atoms with Gasteiger partial charge in [0.25, 0.3) is 0 Å². The van der Waals surface area contributed by atoms with Gasteiger partial charge in [-0.15, -0.1) is 0 Å². The van der Waals surface area contributed by atoms with Crippen molar-refractivity contribution in [2.24, 2.45) is 0 Å². The molecule has 0 N–H and O–H groups in total. The van der Waals surface area contributed by atoms with Gasteiger partial charge in [-0.2, -0.15) is 0 Å². The Morgan fingerprint density at radius 2 is 1.05 bits per heavy atom. The second kappa shape index (κ2) is 9.25. The Balaban J connectivity index is 1.44. The van der Waals surface area contributed by atoms with Crippen LogP contribution in [0.15, 0.2) is 97.1 Å². The molecule has 2 bridgehead atoms. The van der Waals surface area contributed by atoms with Gasteiger partial charge in [-0.05, 0) is 59.5 Å². The Morgan fingerprint density at radius 3 is 1.51 bits per heavy atom. The smallest absolute Gasteiger partial charge is 0.338 e. The minimum absolute atomic E-state index is 0.255. The standard InChI is InChI=1S/C32H26O5/c1-19-9-7-10-20(17-19)31(33)36-29-27-23-13-3-5-15-25(23)28(26-16-6-4-14-24(26)27)30(29)37-32(34)21-11-8-12-22(18-21)35-2/h3-18,27-30H,1-2H3. The number of carbonyl (C=O) groups excluding carboxylic acids is 2. The number of hydrogen-bond acceptors (Lipinski definition) is 5. The van der Waals surface area contributed by atoms with Gasteiger partial charge in [0.05, 0.1) is 30.1 Å². The van der Waals surface area contributed by atoms with Crippen LogP contribution in [0, 0.1) is 6.92 Å². The lowest BCUT2D eigenvalue weighted by atomic mass is 9.61. The van der Waals surface area contributed by atoms with E-state index in [1.54, 1.807) is 37.4 Å². The molecule has 0 saturated heterocycles. The van der Waals surface area contributed by atoms with E-state index in [1.165, 1.54) is 0 Å². The van der Waals surface area contributed by atoms with E-state index in [9.17, 15) is 9.59 Å². The zero-order valence-electron chi connectivity index (χ0n) is 20.6. The Hall–Kier alpha value is -4.38. The minimum Gasteiger partial charge on any atom is -0.497 e. The molecule has 3 aliphatic carbocycles. The Kier molecular flexibility index (Phi) is 5.76. The van der Waals surface area contributed by atoms with Crippen LogP contribution in [0.2, 0.25) is 0 Å². The monoisotopic (exact) mass is 490 g/mol. The fourth-order valence-corrected chi connectivity index (χ4v) is 5.75. The zero-order valence-corrected chi connectivity index (χ0v) is 20.6. The van der Waals surface area contributed by atoms with Crippen LogP contribution in [0.5, 0.6) is 5.75 Å². The fraction of sp³-hybridized carbons (Fsp3) is 0.188. The number of rotatable bonds is 5. The molecule has 4 aromatic rings. The van der Waals surface area contributed by atoms with Gasteiger partial charge < -0.3 is 14.2 Å². The molecule has 0 aromatic heterocycles. The van der Waals surface area contributed by atoms with Crippen LogP contribution in [0.1, 0.15) is 60.4 Å². The maximum Gasteiger partial charge on any atom is 0.338 e. The quantitative estimate of drug-likeness (QED) is 0.319. The zero-order chi connectivity index (χ0) is 25.5. The highest BCUT2D eigenvalue weighted by molar-refractivity contribution is 5.91. The Labute approximate surface area is 215 Å². The maximum atomic E-state index is 13.4. The van der Waals surface area contributed by atoms with E-state index in [0.29, 0.717) is 16.9 Å². The molecule has 0 aliphatic heterocycles. The largest absolute Gasteiger partial charge is 0.497 e. The SMILES string of the molecule is COc1cccc(C(=O)OC2C3c4ccccc4C(c4ccccc43)C2OC(=O)c2cccc(C)c2)c1. The molecule has 7 rings (SSSR count). The fourth-order valence-electron chi connectivity index (χ4n) is 5.75. The van der Waals surface area contributed by atoms with Crippen molar-refractivity contribution < 1.29 is 23.8 Å². The van der Waals surface area contributed by atoms with Crippen LogP contribution in [0.25, 0.3) is 0 Å². The van der Waals surface area contributed by atoms with Crippen LogP contribution < -0.4 is 4.74 Å². The molecule has 37 heavy (non-hydrogen) atoms. The second-order valence-electron chi connectivity index (χ2n) is 9.55. The minimum atomic E-state index is -0.692. The summed E-state index contributed by atoms with van der Waals surface area (Å²) in [6, 6.07) is 30.5. The Morgan fingerprint density at radius 1 is 0.595 bits per heavy atom. The van der Waals surface area contributed by atoms with Gasteiger partial charge in [0, 0.05) is 0 Å². The average Bonchev–Trinajstić information content (AvgIpc) is 2.94. The normalized spacial score (nSPS) is 20.9. The summed E-state index contributed by atoms with van der Waals surface area (Å²) in [5.74, 6) is -0.865. The number of ether oxygens (including phenoxy) is 3. The lowest BCUT2D eigenvalue weighted by molar-refractivity contribution is -0.0557. The van der Waals surface area contributed by atoms with Crippen molar-refractivity contribution in [3.8, 4) is 5.75 Å². The van der Waals surface area contributed by atoms with Crippen LogP contribution in [-0.2, 0) is 9.47 Å². The molecule has 0 radical (unpaired) electrons. The van der Waals surface area contributed by atoms with Gasteiger partial charge in [0.15, 0.2) is 12.2 Å². The molecule has 4 aromatic carbocycles. The molecule has 2 atom stereocenters. The number of aryl methyl sites for hydroxylation is 1. The van der Waals surface area contributed by atoms with Crippen molar-refractivity contribution in [1.29, 1.82) is 0 Å². The second-order valence-corrected chi connectivity index (χ2v) is 9.55. The van der Waals surface area contributed by atoms with Crippen LogP contribution in [-0.4, -0.2) is 31.3 Å². The summed E-state index contributed by atoms with van der Waals surface area (Å²) in [5, 5.41) is 0. The molecule has 3 aliphatic rings. The molecule has 5 nitrogen and oxygen atoms in total. The summed E-state index contributed by atoms with van der Waals surface area (Å²) >= 11 is 0. The molecule has 184 valence electrons. The topological polar surface area (TPSA) is 61.8 Å². The van der Waals surface area contributed by atoms with Crippen molar-refractivity contribution in [3.05, 3.63) is 136 Å². The van der Waals surface area contributed by atoms with Gasteiger partial charge >= 0.3 is 11.9 Å². The maximum absolute atomic E-state index is 13.4. The molecule has 0 heterocycles. The molecule has 0 fully saturated rings. The summed E-state index contributed by atoms with van der Waals surface area (Å²) in [5.41, 5.74) is 6.21. The van der Waals surface area contributed by atoms with E-state index in [-0.39, 0.29) is 11.8 Å². The van der Waals surface area contributed by atoms with Crippen LogP contribution in [0.4, 0.5) is 0 Å². The average molecular weight is 491 g/mol. The highest BCUT2D eigenvalue weighted by Crippen LogP contribution is 2.54. The van der Waals surface area contributed by atoms with E-state index in [2.05, 4.69) is 24.3 Å². The third kappa shape index (κ3) is 3.97. The predicted molar refractivity (Wildman–Crippen MR) is 139 cm³/mol. The van der Waals surface area contributed by atoms with Gasteiger partial charge in [-0.25, -0.2) is 9.59 Å². The van der Waals surface area contributed by atoms with Crippen molar-refractivity contribution in [1.82, 2.24) is 0 Å². The summed E-state index contributed by atoms with van der Waals surface area (Å²) in [6.07, 6.45) is -1.38. The first kappa shape index (κ1) is 23.0. The molecular weight excluding hydrogens is 464 g/mol. The first-order valence-electron chi connectivity index (χ1n) is 12.4. The first-order valence-corrected chi connectivity index (χ1v) is 12.4. The first-order chi connectivity index (χ1) is 18.0. The molecule has 0 spiro atoms. The summed E-state index contributed by atoms with van der Waals surface area (Å²) < 4.78 is 17.8. The van der Waals surface area contributed by atoms with Crippen molar-refractivity contribution in [3.63, 3.8) is 0 Å². The predicted octanol–water partition coefficient (Wildman–Crippen LogP) is 6.05. The van der Waals surface area contributed by atoms with E-state index in [0.717, 1.165) is 27.8 Å². The van der Waals surface area contributed by atoms with Gasteiger partial charge in [-0.1, -0.05) is 72.3 Å². The summed E-state index contributed by atoms with van der Waals surface area (Å²) in [6.45, 7) is 1.94. The highest BCUT2D eigenvalue weighted by Gasteiger charge is 2.53. The Bertz CT molecular complexity index is 1460. The van der Waals surface area contributed by atoms with Crippen molar-refractivity contribution in [2.75, 3.05) is 7.11 Å². The van der Waals surface area contributed by atoms with Crippen molar-refractivity contribution >= 4 is 11.9 Å². The van der Waals surface area contributed by atoms with Crippen molar-refractivity contribution in [2.45, 2.75) is 31.0 Å². The number of benzene rings is 4. The van der Waals surface area contributed by atoms with E-state index in [1.807, 2.05) is 49.4 Å². The van der Waals surface area contributed by atoms with E-state index < -0.39 is 24.1 Å². The van der Waals surface area contributed by atoms with Gasteiger partial charge in [0.1, 0.15) is 5.75 Å². The molecule has 0 amide bonds. The van der Waals surface area contributed by atoms with E-state index in [4.69, 9.17) is 14.2 Å². The number of methoxy groups -OCH3 is 1. The third-order valence-electron chi connectivity index (χ3n) is 7.36. The van der Waals surface area contributed by atoms with Crippen LogP contribution in [0.3, 0.4) is 0 Å². The third-order valence-corrected chi connectivity index (χ3v) is 7.36. The highest BCUT2D eigenvalue weighted by atomic mass is 16.6. The molecule has 5 heteroatoms. The van der Waals surface area contributed by atoms with Crippen LogP contribution >= 0.6 is 0 Å². The number of carbonyl (C=O) groups is 2. The lowest BCUT2D eigenvalue weighted by Gasteiger charge is -2.49. The van der Waals surface area contributed by atoms with E-state index >= 15 is 0 Å². The molecule has 2 unspecified atom stereocenters. The lowest BCUT2D eigenvalue weighted by Crippen LogP contribution is -2.51. The number of fused-ring (bicyclic) bond motifs is 1. The number of esters is 2. The van der Waals surface area contributed by atoms with Gasteiger partial charge in [-0.3, -0.25) is 0 Å². The molecule has 0 saturated carbocycles. The summed E-state index contributed by atoms with van der Waals surface area (Å²) in [4.78, 5) is 26.8. The summed E-state index contributed by atoms with van der Waals surface area (Å²) in [7, 11) is 1.55. The van der Waals surface area contributed by atoms with Gasteiger partial charge in [0.2, 0.25) is 0 Å². The molecular formula is C32H26O5. The number of hydrogen-bond donors (Lipinski definition) is 0.